The quantitative estimate of drug-likeness (QED) is 0.0518. The van der Waals surface area contributed by atoms with Gasteiger partial charge in [0.25, 0.3) is 0 Å². The summed E-state index contributed by atoms with van der Waals surface area (Å²) >= 11 is 0. The van der Waals surface area contributed by atoms with Crippen LogP contribution in [0.25, 0.3) is 49.0 Å². The molecule has 0 unspecified atom stereocenters. The molecule has 0 aliphatic rings. The number of ketones is 1. The van der Waals surface area contributed by atoms with E-state index in [1.54, 1.807) is 0 Å². The van der Waals surface area contributed by atoms with Crippen molar-refractivity contribution in [2.75, 3.05) is 0 Å². The third-order valence-corrected chi connectivity index (χ3v) is 11.4. The zero-order valence-corrected chi connectivity index (χ0v) is 36.4. The Morgan fingerprint density at radius 2 is 1.35 bits per heavy atom. The van der Waals surface area contributed by atoms with Gasteiger partial charge in [-0.2, -0.15) is 0 Å². The number of hydrogen-bond acceptors (Lipinski definition) is 3. The van der Waals surface area contributed by atoms with E-state index >= 15 is 0 Å². The number of fused-ring (bicyclic) bond motifs is 5. The molecule has 0 atom stereocenters. The molecule has 0 bridgehead atoms. The van der Waals surface area contributed by atoms with Gasteiger partial charge in [0.1, 0.15) is 5.76 Å². The molecule has 0 fully saturated rings. The van der Waals surface area contributed by atoms with Crippen LogP contribution in [0.5, 0.6) is 0 Å². The molecule has 52 heavy (non-hydrogen) atoms. The van der Waals surface area contributed by atoms with Gasteiger partial charge in [-0.05, 0) is 106 Å². The standard InChI is InChI=1S/C32H33N2.C15H28O2.Ir/c1-19-12-24-23-9-8-20(17-31(2,3)4)15-26(23)34-27-16-21(18-32(5,6)7)14-22-10-11-33-29(28(22)27)25(13-19)30(24)34;1-7-14(5,8-2)12(16)11-13(17)15(6,9-3)10-4;/h8-12,14-16H,17-18H2,1-7H3;11,16H,7-10H2,1-6H3;/q-1;;/b;12-11-;. The molecule has 5 heteroatoms. The summed E-state index contributed by atoms with van der Waals surface area (Å²) in [5, 5.41) is 16.4. The first-order chi connectivity index (χ1) is 23.8. The Morgan fingerprint density at radius 3 is 1.92 bits per heavy atom. The minimum atomic E-state index is -0.337. The van der Waals surface area contributed by atoms with Gasteiger partial charge in [-0.25, -0.2) is 0 Å². The summed E-state index contributed by atoms with van der Waals surface area (Å²) in [7, 11) is 0. The second-order valence-corrected chi connectivity index (χ2v) is 18.1. The molecule has 1 radical (unpaired) electrons. The Hall–Kier alpha value is -3.27. The van der Waals surface area contributed by atoms with E-state index in [1.165, 1.54) is 55.3 Å². The summed E-state index contributed by atoms with van der Waals surface area (Å²) in [6.45, 7) is 28.1. The van der Waals surface area contributed by atoms with Crippen LogP contribution in [0.2, 0.25) is 0 Å². The summed E-state index contributed by atoms with van der Waals surface area (Å²) in [6.07, 6.45) is 8.81. The summed E-state index contributed by atoms with van der Waals surface area (Å²) in [5.74, 6) is 0.286. The van der Waals surface area contributed by atoms with E-state index in [1.807, 2.05) is 47.7 Å². The molecule has 0 aliphatic carbocycles. The molecule has 3 aromatic carbocycles. The van der Waals surface area contributed by atoms with Crippen molar-refractivity contribution in [3.8, 4) is 0 Å². The maximum Gasteiger partial charge on any atom is 0.164 e. The predicted molar refractivity (Wildman–Crippen MR) is 219 cm³/mol. The van der Waals surface area contributed by atoms with Crippen LogP contribution in [0, 0.1) is 34.7 Å². The fourth-order valence-electron chi connectivity index (χ4n) is 7.52. The number of benzene rings is 3. The number of hydrogen-bond donors (Lipinski definition) is 1. The normalized spacial score (nSPS) is 13.3. The monoisotopic (exact) mass is 878 g/mol. The second kappa shape index (κ2) is 15.2. The smallest absolute Gasteiger partial charge is 0.164 e. The molecule has 0 aliphatic heterocycles. The van der Waals surface area contributed by atoms with Crippen LogP contribution in [0.1, 0.15) is 125 Å². The molecule has 3 aromatic heterocycles. The van der Waals surface area contributed by atoms with Gasteiger partial charge >= 0.3 is 0 Å². The summed E-state index contributed by atoms with van der Waals surface area (Å²) < 4.78 is 2.51. The van der Waals surface area contributed by atoms with Gasteiger partial charge < -0.3 is 14.5 Å². The molecule has 3 heterocycles. The Balaban J connectivity index is 0.000000289. The number of pyridine rings is 2. The van der Waals surface area contributed by atoms with E-state index in [9.17, 15) is 9.90 Å². The fraction of sp³-hybridized carbons (Fsp3) is 0.489. The summed E-state index contributed by atoms with van der Waals surface area (Å²) in [5.41, 5.74) is 8.66. The van der Waals surface area contributed by atoms with Gasteiger partial charge in [0, 0.05) is 54.2 Å². The number of aliphatic hydroxyl groups is 1. The SMILES string of the molecule is CCC(C)(CC)C(=O)/C=C(\O)C(C)(CC)CC.Cc1[c-]c2c3nccc4cc(CC(C)(C)C)cc(c43)n3c4cc(CC(C)(C)C)ccc4c(c1)c23.[Ir]. The third-order valence-electron chi connectivity index (χ3n) is 11.4. The molecule has 0 amide bonds. The van der Waals surface area contributed by atoms with Crippen molar-refractivity contribution < 1.29 is 30.0 Å². The number of aromatic nitrogens is 2. The van der Waals surface area contributed by atoms with E-state index < -0.39 is 0 Å². The molecule has 0 saturated heterocycles. The zero-order valence-electron chi connectivity index (χ0n) is 34.0. The minimum Gasteiger partial charge on any atom is -0.512 e. The molecule has 6 rings (SSSR count). The number of aryl methyl sites for hydroxylation is 1. The number of rotatable bonds is 9. The second-order valence-electron chi connectivity index (χ2n) is 18.1. The molecule has 281 valence electrons. The van der Waals surface area contributed by atoms with Gasteiger partial charge in [-0.15, -0.1) is 17.7 Å². The largest absolute Gasteiger partial charge is 0.512 e. The van der Waals surface area contributed by atoms with E-state index in [0.29, 0.717) is 0 Å². The maximum atomic E-state index is 12.2. The number of carbonyl (C=O) groups excluding carboxylic acids is 1. The molecule has 6 aromatic rings. The van der Waals surface area contributed by atoms with Gasteiger partial charge in [0.2, 0.25) is 0 Å². The van der Waals surface area contributed by atoms with Crippen molar-refractivity contribution >= 4 is 54.8 Å². The van der Waals surface area contributed by atoms with Crippen molar-refractivity contribution in [3.05, 3.63) is 83.3 Å². The fourth-order valence-corrected chi connectivity index (χ4v) is 7.52. The van der Waals surface area contributed by atoms with Crippen LogP contribution in [0.4, 0.5) is 0 Å². The molecule has 4 nitrogen and oxygen atoms in total. The van der Waals surface area contributed by atoms with Crippen LogP contribution in [-0.4, -0.2) is 20.3 Å². The Bertz CT molecular complexity index is 2230. The van der Waals surface area contributed by atoms with Crippen LogP contribution in [0.3, 0.4) is 0 Å². The van der Waals surface area contributed by atoms with Gasteiger partial charge in [-0.3, -0.25) is 4.79 Å². The number of aliphatic hydroxyl groups excluding tert-OH is 1. The van der Waals surface area contributed by atoms with Crippen molar-refractivity contribution in [1.82, 2.24) is 9.38 Å². The van der Waals surface area contributed by atoms with Crippen molar-refractivity contribution in [1.29, 1.82) is 0 Å². The molecule has 0 saturated carbocycles. The number of carbonyl (C=O) groups is 1. The van der Waals surface area contributed by atoms with Crippen LogP contribution < -0.4 is 0 Å². The molecule has 0 spiro atoms. The maximum absolute atomic E-state index is 12.2. The van der Waals surface area contributed by atoms with E-state index in [-0.39, 0.29) is 53.3 Å². The first-order valence-electron chi connectivity index (χ1n) is 19.2. The first kappa shape index (κ1) is 41.5. The van der Waals surface area contributed by atoms with Crippen molar-refractivity contribution in [2.45, 2.75) is 129 Å². The van der Waals surface area contributed by atoms with Crippen LogP contribution in [0.15, 0.2) is 60.5 Å². The van der Waals surface area contributed by atoms with Crippen LogP contribution >= 0.6 is 0 Å². The summed E-state index contributed by atoms with van der Waals surface area (Å²) in [6, 6.07) is 20.0. The number of nitrogens with zero attached hydrogens (tertiary/aromatic N) is 2. The number of allylic oxidation sites excluding steroid dienone is 2. The Labute approximate surface area is 326 Å². The summed E-state index contributed by atoms with van der Waals surface area (Å²) in [4.78, 5) is 17.1. The van der Waals surface area contributed by atoms with Gasteiger partial charge in [0.05, 0.1) is 0 Å². The van der Waals surface area contributed by atoms with E-state index in [4.69, 9.17) is 4.98 Å². The van der Waals surface area contributed by atoms with Gasteiger partial charge in [0.15, 0.2) is 5.78 Å². The average molecular weight is 878 g/mol. The topological polar surface area (TPSA) is 54.6 Å². The Morgan fingerprint density at radius 1 is 0.769 bits per heavy atom. The molecular formula is C47H61IrN2O2-. The molecule has 1 N–H and O–H groups in total. The molecular weight excluding hydrogens is 817 g/mol. The van der Waals surface area contributed by atoms with Gasteiger partial charge in [-0.1, -0.05) is 119 Å². The van der Waals surface area contributed by atoms with E-state index in [2.05, 4.69) is 101 Å². The van der Waals surface area contributed by atoms with E-state index in [0.717, 1.165) is 55.0 Å². The third kappa shape index (κ3) is 8.12. The predicted octanol–water partition coefficient (Wildman–Crippen LogP) is 13.3. The average Bonchev–Trinajstić information content (AvgIpc) is 3.38. The van der Waals surface area contributed by atoms with Crippen molar-refractivity contribution in [3.63, 3.8) is 0 Å². The first-order valence-corrected chi connectivity index (χ1v) is 19.2. The van der Waals surface area contributed by atoms with Crippen LogP contribution in [-0.2, 0) is 37.7 Å². The van der Waals surface area contributed by atoms with Crippen molar-refractivity contribution in [2.24, 2.45) is 21.7 Å². The minimum absolute atomic E-state index is 0. The zero-order chi connectivity index (χ0) is 37.7. The Kier molecular flexibility index (Phi) is 12.1.